The molecule has 0 radical (unpaired) electrons. The van der Waals surface area contributed by atoms with Gasteiger partial charge in [0.1, 0.15) is 13.2 Å². The summed E-state index contributed by atoms with van der Waals surface area (Å²) in [5, 5.41) is 8.61. The summed E-state index contributed by atoms with van der Waals surface area (Å²) in [6.07, 6.45) is 1.92. The maximum atomic E-state index is 13.0. The maximum Gasteiger partial charge on any atom is 0.277 e. The molecule has 3 aromatic rings. The summed E-state index contributed by atoms with van der Waals surface area (Å²) in [6, 6.07) is 13.9. The van der Waals surface area contributed by atoms with Crippen molar-refractivity contribution in [1.29, 1.82) is 0 Å². The molecule has 1 aromatic heterocycles. The van der Waals surface area contributed by atoms with Crippen LogP contribution < -0.4 is 9.47 Å². The number of carbonyl (C=O) groups is 1. The van der Waals surface area contributed by atoms with Gasteiger partial charge in [0, 0.05) is 12.1 Å². The summed E-state index contributed by atoms with van der Waals surface area (Å²) < 4.78 is 17.1. The fourth-order valence-corrected chi connectivity index (χ4v) is 4.70. The van der Waals surface area contributed by atoms with Crippen molar-refractivity contribution in [2.24, 2.45) is 0 Å². The van der Waals surface area contributed by atoms with Crippen molar-refractivity contribution in [2.45, 2.75) is 31.0 Å². The summed E-state index contributed by atoms with van der Waals surface area (Å²) in [5.41, 5.74) is 3.09. The predicted molar refractivity (Wildman–Crippen MR) is 116 cm³/mol. The van der Waals surface area contributed by atoms with Gasteiger partial charge in [0.15, 0.2) is 11.5 Å². The van der Waals surface area contributed by atoms with Crippen molar-refractivity contribution < 1.29 is 18.7 Å². The molecule has 160 valence electrons. The van der Waals surface area contributed by atoms with Gasteiger partial charge in [-0.2, -0.15) is 0 Å². The minimum absolute atomic E-state index is 0.0504. The molecule has 2 aromatic carbocycles. The van der Waals surface area contributed by atoms with Crippen LogP contribution in [0.25, 0.3) is 11.5 Å². The van der Waals surface area contributed by atoms with Crippen LogP contribution in [-0.4, -0.2) is 46.5 Å². The molecule has 7 nitrogen and oxygen atoms in total. The van der Waals surface area contributed by atoms with Crippen molar-refractivity contribution in [3.05, 3.63) is 53.6 Å². The smallest absolute Gasteiger partial charge is 0.277 e. The highest BCUT2D eigenvalue weighted by atomic mass is 32.2. The van der Waals surface area contributed by atoms with Gasteiger partial charge in [-0.25, -0.2) is 0 Å². The number of thioether (sulfide) groups is 1. The number of rotatable bonds is 5. The van der Waals surface area contributed by atoms with E-state index in [4.69, 9.17) is 13.9 Å². The average molecular weight is 438 g/mol. The lowest BCUT2D eigenvalue weighted by molar-refractivity contribution is -0.129. The van der Waals surface area contributed by atoms with E-state index in [9.17, 15) is 4.79 Å². The average Bonchev–Trinajstić information content (AvgIpc) is 3.47. The number of ether oxygens (including phenoxy) is 2. The fraction of sp³-hybridized carbons (Fsp3) is 0.348. The van der Waals surface area contributed by atoms with Crippen LogP contribution in [0.2, 0.25) is 0 Å². The van der Waals surface area contributed by atoms with Gasteiger partial charge in [-0.05, 0) is 49.6 Å². The Balaban J connectivity index is 1.24. The van der Waals surface area contributed by atoms with Gasteiger partial charge in [-0.3, -0.25) is 4.79 Å². The van der Waals surface area contributed by atoms with Crippen LogP contribution in [0.1, 0.15) is 30.0 Å². The van der Waals surface area contributed by atoms with Crippen LogP contribution in [0.15, 0.2) is 52.1 Å². The third-order valence-corrected chi connectivity index (χ3v) is 6.32. The number of carbonyl (C=O) groups excluding carboxylic acids is 1. The Morgan fingerprint density at radius 3 is 2.87 bits per heavy atom. The summed E-state index contributed by atoms with van der Waals surface area (Å²) >= 11 is 1.28. The molecule has 1 unspecified atom stereocenters. The molecule has 2 aliphatic heterocycles. The van der Waals surface area contributed by atoms with E-state index in [1.165, 1.54) is 11.8 Å². The highest BCUT2D eigenvalue weighted by Gasteiger charge is 2.31. The van der Waals surface area contributed by atoms with Gasteiger partial charge in [0.05, 0.1) is 11.8 Å². The first-order chi connectivity index (χ1) is 15.2. The van der Waals surface area contributed by atoms with E-state index in [0.29, 0.717) is 24.3 Å². The van der Waals surface area contributed by atoms with Crippen LogP contribution in [0.4, 0.5) is 0 Å². The van der Waals surface area contributed by atoms with Crippen LogP contribution >= 0.6 is 11.8 Å². The van der Waals surface area contributed by atoms with Crippen LogP contribution in [0.5, 0.6) is 11.5 Å². The minimum atomic E-state index is 0.0504. The molecule has 31 heavy (non-hydrogen) atoms. The molecule has 0 saturated carbocycles. The molecule has 1 fully saturated rings. The number of nitrogens with zero attached hydrogens (tertiary/aromatic N) is 3. The van der Waals surface area contributed by atoms with Crippen LogP contribution in [0.3, 0.4) is 0 Å². The second kappa shape index (κ2) is 8.63. The van der Waals surface area contributed by atoms with Crippen molar-refractivity contribution >= 4 is 17.7 Å². The molecule has 0 spiro atoms. The third kappa shape index (κ3) is 4.25. The molecule has 0 bridgehead atoms. The monoisotopic (exact) mass is 437 g/mol. The molecule has 1 amide bonds. The normalized spacial score (nSPS) is 17.7. The van der Waals surface area contributed by atoms with Gasteiger partial charge >= 0.3 is 0 Å². The third-order valence-electron chi connectivity index (χ3n) is 5.51. The van der Waals surface area contributed by atoms with Gasteiger partial charge < -0.3 is 18.8 Å². The number of benzene rings is 2. The van der Waals surface area contributed by atoms with E-state index in [1.54, 1.807) is 0 Å². The molecule has 0 aliphatic carbocycles. The van der Waals surface area contributed by atoms with Crippen molar-refractivity contribution in [3.63, 3.8) is 0 Å². The first kappa shape index (κ1) is 19.9. The lowest BCUT2D eigenvalue weighted by atomic mass is 10.0. The van der Waals surface area contributed by atoms with Gasteiger partial charge in [0.25, 0.3) is 5.22 Å². The van der Waals surface area contributed by atoms with Gasteiger partial charge in [-0.15, -0.1) is 10.2 Å². The van der Waals surface area contributed by atoms with Crippen LogP contribution in [0, 0.1) is 6.92 Å². The number of amides is 1. The SMILES string of the molecule is Cc1cccc(-c2nnc(SCC(=O)N3CCCC3c3ccc4c(c3)OCCO4)o2)c1. The molecule has 0 N–H and O–H groups in total. The molecule has 8 heteroatoms. The Morgan fingerprint density at radius 2 is 2.00 bits per heavy atom. The largest absolute Gasteiger partial charge is 0.486 e. The Labute approximate surface area is 184 Å². The molecular weight excluding hydrogens is 414 g/mol. The molecule has 5 rings (SSSR count). The van der Waals surface area contributed by atoms with E-state index >= 15 is 0 Å². The summed E-state index contributed by atoms with van der Waals surface area (Å²) in [4.78, 5) is 14.9. The summed E-state index contributed by atoms with van der Waals surface area (Å²) in [5.74, 6) is 2.32. The van der Waals surface area contributed by atoms with E-state index in [-0.39, 0.29) is 17.7 Å². The number of aromatic nitrogens is 2. The Morgan fingerprint density at radius 1 is 1.13 bits per heavy atom. The first-order valence-electron chi connectivity index (χ1n) is 10.4. The minimum Gasteiger partial charge on any atom is -0.486 e. The molecular formula is C23H23N3O4S. The van der Waals surface area contributed by atoms with E-state index in [2.05, 4.69) is 10.2 Å². The Kier molecular flexibility index (Phi) is 5.55. The predicted octanol–water partition coefficient (Wildman–Crippen LogP) is 4.27. The van der Waals surface area contributed by atoms with Crippen molar-refractivity contribution in [1.82, 2.24) is 15.1 Å². The van der Waals surface area contributed by atoms with Crippen LogP contribution in [-0.2, 0) is 4.79 Å². The van der Waals surface area contributed by atoms with Crippen molar-refractivity contribution in [3.8, 4) is 23.0 Å². The fourth-order valence-electron chi connectivity index (χ4n) is 4.05. The van der Waals surface area contributed by atoms with Gasteiger partial charge in [-0.1, -0.05) is 35.5 Å². The highest BCUT2D eigenvalue weighted by Crippen LogP contribution is 2.38. The second-order valence-electron chi connectivity index (χ2n) is 7.68. The maximum absolute atomic E-state index is 13.0. The number of aryl methyl sites for hydroxylation is 1. The Hall–Kier alpha value is -3.00. The highest BCUT2D eigenvalue weighted by molar-refractivity contribution is 7.99. The topological polar surface area (TPSA) is 77.7 Å². The van der Waals surface area contributed by atoms with E-state index < -0.39 is 0 Å². The zero-order valence-electron chi connectivity index (χ0n) is 17.2. The number of hydrogen-bond donors (Lipinski definition) is 0. The molecule has 2 aliphatic rings. The molecule has 3 heterocycles. The summed E-state index contributed by atoms with van der Waals surface area (Å²) in [6.45, 7) is 3.88. The first-order valence-corrected chi connectivity index (χ1v) is 11.4. The number of likely N-dealkylation sites (tertiary alicyclic amines) is 1. The second-order valence-corrected chi connectivity index (χ2v) is 8.61. The number of fused-ring (bicyclic) bond motifs is 1. The van der Waals surface area contributed by atoms with Gasteiger partial charge in [0.2, 0.25) is 11.8 Å². The quantitative estimate of drug-likeness (QED) is 0.552. The van der Waals surface area contributed by atoms with E-state index in [1.807, 2.05) is 54.3 Å². The molecule has 1 atom stereocenters. The summed E-state index contributed by atoms with van der Waals surface area (Å²) in [7, 11) is 0. The lowest BCUT2D eigenvalue weighted by Crippen LogP contribution is -2.32. The van der Waals surface area contributed by atoms with E-state index in [0.717, 1.165) is 47.6 Å². The molecule has 1 saturated heterocycles. The zero-order chi connectivity index (χ0) is 21.2. The Bertz CT molecular complexity index is 1100. The van der Waals surface area contributed by atoms with Crippen molar-refractivity contribution in [2.75, 3.05) is 25.5 Å². The number of hydrogen-bond acceptors (Lipinski definition) is 7. The lowest BCUT2D eigenvalue weighted by Gasteiger charge is -2.26. The standard InChI is InChI=1S/C23H23N3O4S/c1-15-4-2-5-17(12-15)22-24-25-23(30-22)31-14-21(27)26-9-3-6-18(26)16-7-8-19-20(13-16)29-11-10-28-19/h2,4-5,7-8,12-13,18H,3,6,9-11,14H2,1H3. The zero-order valence-corrected chi connectivity index (χ0v) is 18.1.